The number of amides is 1. The highest BCUT2D eigenvalue weighted by Gasteiger charge is 2.15. The van der Waals surface area contributed by atoms with Crippen molar-refractivity contribution in [1.82, 2.24) is 4.98 Å². The zero-order chi connectivity index (χ0) is 20.1. The van der Waals surface area contributed by atoms with Crippen molar-refractivity contribution in [1.29, 1.82) is 5.41 Å². The molecule has 28 heavy (non-hydrogen) atoms. The molecule has 0 spiro atoms. The number of hydrogen-bond acceptors (Lipinski definition) is 4. The summed E-state index contributed by atoms with van der Waals surface area (Å²) in [7, 11) is 0. The Morgan fingerprint density at radius 2 is 1.68 bits per heavy atom. The average molecular weight is 393 g/mol. The van der Waals surface area contributed by atoms with Crippen molar-refractivity contribution in [3.63, 3.8) is 0 Å². The topological polar surface area (TPSA) is 109 Å². The van der Waals surface area contributed by atoms with E-state index in [0.29, 0.717) is 33.1 Å². The van der Waals surface area contributed by atoms with Gasteiger partial charge in [-0.25, -0.2) is 4.98 Å². The number of halogens is 1. The Labute approximate surface area is 166 Å². The normalized spacial score (nSPS) is 10.3. The Morgan fingerprint density at radius 1 is 1.00 bits per heavy atom. The molecule has 0 aliphatic heterocycles. The lowest BCUT2D eigenvalue weighted by atomic mass is 9.97. The fraction of sp³-hybridized carbons (Fsp3) is 0.0476. The number of nitrogens with two attached hydrogens (primary N) is 1. The van der Waals surface area contributed by atoms with E-state index in [0.717, 1.165) is 0 Å². The van der Waals surface area contributed by atoms with Crippen LogP contribution in [-0.2, 0) is 6.42 Å². The first kappa shape index (κ1) is 19.3. The minimum absolute atomic E-state index is 0.0585. The van der Waals surface area contributed by atoms with Gasteiger partial charge in [-0.1, -0.05) is 54.1 Å². The van der Waals surface area contributed by atoms with E-state index in [4.69, 9.17) is 22.7 Å². The quantitative estimate of drug-likeness (QED) is 0.337. The second kappa shape index (κ2) is 8.45. The maximum absolute atomic E-state index is 12.6. The van der Waals surface area contributed by atoms with E-state index in [-0.39, 0.29) is 23.9 Å². The Bertz CT molecular complexity index is 1030. The van der Waals surface area contributed by atoms with E-state index in [2.05, 4.69) is 10.3 Å². The van der Waals surface area contributed by atoms with Gasteiger partial charge in [0.2, 0.25) is 0 Å². The molecule has 1 amide bonds. The molecule has 1 aromatic heterocycles. The van der Waals surface area contributed by atoms with Crippen LogP contribution in [0.2, 0.25) is 5.02 Å². The van der Waals surface area contributed by atoms with Crippen LogP contribution in [0.5, 0.6) is 0 Å². The third kappa shape index (κ3) is 4.61. The summed E-state index contributed by atoms with van der Waals surface area (Å²) in [6, 6.07) is 16.6. The summed E-state index contributed by atoms with van der Waals surface area (Å²) in [4.78, 5) is 29.3. The van der Waals surface area contributed by atoms with Crippen LogP contribution in [0.3, 0.4) is 0 Å². The number of carbonyl (C=O) groups is 2. The molecule has 0 atom stereocenters. The summed E-state index contributed by atoms with van der Waals surface area (Å²) in [6.07, 6.45) is 1.51. The maximum Gasteiger partial charge on any atom is 0.257 e. The number of rotatable bonds is 6. The molecule has 7 heteroatoms. The minimum atomic E-state index is -0.356. The van der Waals surface area contributed by atoms with Gasteiger partial charge in [0.25, 0.3) is 5.91 Å². The summed E-state index contributed by atoms with van der Waals surface area (Å²) in [5.41, 5.74) is 7.47. The number of pyridine rings is 1. The average Bonchev–Trinajstić information content (AvgIpc) is 2.70. The molecule has 0 aliphatic carbocycles. The highest BCUT2D eigenvalue weighted by molar-refractivity contribution is 6.30. The van der Waals surface area contributed by atoms with Gasteiger partial charge in [-0.05, 0) is 23.8 Å². The molecule has 0 saturated heterocycles. The summed E-state index contributed by atoms with van der Waals surface area (Å²) < 4.78 is 0. The third-order valence-electron chi connectivity index (χ3n) is 4.10. The van der Waals surface area contributed by atoms with Gasteiger partial charge >= 0.3 is 0 Å². The largest absolute Gasteiger partial charge is 0.384 e. The lowest BCUT2D eigenvalue weighted by Crippen LogP contribution is -2.17. The van der Waals surface area contributed by atoms with E-state index in [9.17, 15) is 9.59 Å². The monoisotopic (exact) mass is 392 g/mol. The smallest absolute Gasteiger partial charge is 0.257 e. The van der Waals surface area contributed by atoms with Crippen molar-refractivity contribution in [2.75, 3.05) is 5.32 Å². The van der Waals surface area contributed by atoms with Crippen LogP contribution in [-0.4, -0.2) is 22.5 Å². The molecule has 3 aromatic rings. The fourth-order valence-corrected chi connectivity index (χ4v) is 2.75. The molecule has 0 bridgehead atoms. The molecule has 6 nitrogen and oxygen atoms in total. The van der Waals surface area contributed by atoms with E-state index in [1.807, 2.05) is 0 Å². The van der Waals surface area contributed by atoms with Crippen LogP contribution in [0, 0.1) is 5.41 Å². The number of benzene rings is 2. The Kier molecular flexibility index (Phi) is 5.81. The second-order valence-corrected chi connectivity index (χ2v) is 6.50. The number of amidine groups is 1. The molecular formula is C21H17ClN4O2. The van der Waals surface area contributed by atoms with Gasteiger partial charge in [0.05, 0.1) is 5.02 Å². The second-order valence-electron chi connectivity index (χ2n) is 6.06. The Hall–Kier alpha value is -3.51. The van der Waals surface area contributed by atoms with E-state index >= 15 is 0 Å². The minimum Gasteiger partial charge on any atom is -0.384 e. The van der Waals surface area contributed by atoms with E-state index in [1.54, 1.807) is 60.7 Å². The number of carbonyl (C=O) groups excluding carboxylic acids is 2. The molecule has 4 N–H and O–H groups in total. The fourth-order valence-electron chi connectivity index (χ4n) is 2.64. The molecule has 2 aromatic carbocycles. The van der Waals surface area contributed by atoms with Gasteiger partial charge in [0.15, 0.2) is 5.78 Å². The highest BCUT2D eigenvalue weighted by Crippen LogP contribution is 2.16. The number of Topliss-reactive ketones (excluding diaryl/α,β-unsaturated/α-hetero) is 1. The number of nitrogens with one attached hydrogen (secondary N) is 2. The number of nitrogens with zero attached hydrogens (tertiary/aromatic N) is 1. The molecule has 1 heterocycles. The molecule has 0 radical (unpaired) electrons. The number of nitrogen functional groups attached to an aromatic ring is 1. The maximum atomic E-state index is 12.6. The van der Waals surface area contributed by atoms with Crippen LogP contribution in [0.25, 0.3) is 0 Å². The first-order valence-electron chi connectivity index (χ1n) is 8.42. The zero-order valence-corrected chi connectivity index (χ0v) is 15.5. The zero-order valence-electron chi connectivity index (χ0n) is 14.8. The first-order chi connectivity index (χ1) is 13.4. The van der Waals surface area contributed by atoms with Gasteiger partial charge in [-0.3, -0.25) is 15.0 Å². The lowest BCUT2D eigenvalue weighted by molar-refractivity contribution is 0.0992. The van der Waals surface area contributed by atoms with E-state index < -0.39 is 0 Å². The van der Waals surface area contributed by atoms with Gasteiger partial charge in [0.1, 0.15) is 11.7 Å². The van der Waals surface area contributed by atoms with Crippen molar-refractivity contribution in [2.45, 2.75) is 6.42 Å². The van der Waals surface area contributed by atoms with Crippen LogP contribution < -0.4 is 11.1 Å². The predicted octanol–water partition coefficient (Wildman–Crippen LogP) is 3.70. The van der Waals surface area contributed by atoms with Crippen LogP contribution in [0.1, 0.15) is 31.8 Å². The standard InChI is InChI=1S/C21H17ClN4O2/c22-16-9-10-19(25-12-16)26-21(28)17-4-2-1-3-15(17)11-18(27)13-5-7-14(8-6-13)20(23)24/h1-10,12H,11H2,(H3,23,24)(H,25,26,28). The molecular weight excluding hydrogens is 376 g/mol. The van der Waals surface area contributed by atoms with Crippen LogP contribution in [0.15, 0.2) is 66.9 Å². The van der Waals surface area contributed by atoms with Crippen LogP contribution >= 0.6 is 11.6 Å². The number of anilines is 1. The third-order valence-corrected chi connectivity index (χ3v) is 4.32. The summed E-state index contributed by atoms with van der Waals surface area (Å²) in [5, 5.41) is 10.6. The molecule has 140 valence electrons. The van der Waals surface area contributed by atoms with Crippen molar-refractivity contribution in [2.24, 2.45) is 5.73 Å². The van der Waals surface area contributed by atoms with Gasteiger partial charge in [0, 0.05) is 29.3 Å². The van der Waals surface area contributed by atoms with Crippen LogP contribution in [0.4, 0.5) is 5.82 Å². The van der Waals surface area contributed by atoms with E-state index in [1.165, 1.54) is 6.20 Å². The number of hydrogen-bond donors (Lipinski definition) is 3. The lowest BCUT2D eigenvalue weighted by Gasteiger charge is -2.10. The number of ketones is 1. The van der Waals surface area contributed by atoms with Crippen molar-refractivity contribution in [3.05, 3.63) is 94.1 Å². The van der Waals surface area contributed by atoms with Crippen molar-refractivity contribution < 1.29 is 9.59 Å². The molecule has 0 saturated carbocycles. The molecule has 0 fully saturated rings. The Balaban J connectivity index is 1.77. The first-order valence-corrected chi connectivity index (χ1v) is 8.80. The molecule has 0 aliphatic rings. The van der Waals surface area contributed by atoms with Crippen molar-refractivity contribution in [3.8, 4) is 0 Å². The Morgan fingerprint density at radius 3 is 2.32 bits per heavy atom. The molecule has 0 unspecified atom stereocenters. The SMILES string of the molecule is N=C(N)c1ccc(C(=O)Cc2ccccc2C(=O)Nc2ccc(Cl)cn2)cc1. The summed E-state index contributed by atoms with van der Waals surface area (Å²) >= 11 is 5.80. The summed E-state index contributed by atoms with van der Waals surface area (Å²) in [5.74, 6) is -0.183. The van der Waals surface area contributed by atoms with Gasteiger partial charge in [-0.2, -0.15) is 0 Å². The molecule has 3 rings (SSSR count). The number of aromatic nitrogens is 1. The van der Waals surface area contributed by atoms with Gasteiger partial charge in [-0.15, -0.1) is 0 Å². The predicted molar refractivity (Wildman–Crippen MR) is 109 cm³/mol. The summed E-state index contributed by atoms with van der Waals surface area (Å²) in [6.45, 7) is 0. The highest BCUT2D eigenvalue weighted by atomic mass is 35.5. The van der Waals surface area contributed by atoms with Gasteiger partial charge < -0.3 is 11.1 Å². The van der Waals surface area contributed by atoms with Crippen molar-refractivity contribution >= 4 is 34.9 Å².